The maximum Gasteiger partial charge on any atom is 0.325 e. The maximum absolute atomic E-state index is 12.5. The minimum atomic E-state index is -0.373. The summed E-state index contributed by atoms with van der Waals surface area (Å²) in [6, 6.07) is 19.3. The van der Waals surface area contributed by atoms with E-state index in [0.717, 1.165) is 19.3 Å². The van der Waals surface area contributed by atoms with Crippen LogP contribution in [0.25, 0.3) is 0 Å². The number of nitrogens with one attached hydrogen (secondary N) is 1. The van der Waals surface area contributed by atoms with Crippen molar-refractivity contribution in [2.75, 3.05) is 6.54 Å². The summed E-state index contributed by atoms with van der Waals surface area (Å²) in [4.78, 5) is 24.7. The molecule has 2 aromatic rings. The van der Waals surface area contributed by atoms with Gasteiger partial charge in [0.1, 0.15) is 12.6 Å². The lowest BCUT2D eigenvalue weighted by molar-refractivity contribution is -0.155. The van der Waals surface area contributed by atoms with E-state index >= 15 is 0 Å². The minimum Gasteiger partial charge on any atom is -0.461 e. The molecule has 1 fully saturated rings. The quantitative estimate of drug-likeness (QED) is 0.569. The molecule has 1 saturated carbocycles. The van der Waals surface area contributed by atoms with Crippen molar-refractivity contribution < 1.29 is 14.3 Å². The molecule has 154 valence electrons. The van der Waals surface area contributed by atoms with Crippen molar-refractivity contribution in [3.05, 3.63) is 71.8 Å². The Labute approximate surface area is 173 Å². The Bertz CT molecular complexity index is 816. The van der Waals surface area contributed by atoms with E-state index in [1.807, 2.05) is 12.1 Å². The Hall–Kier alpha value is -2.62. The topological polar surface area (TPSA) is 55.4 Å². The highest BCUT2D eigenvalue weighted by Gasteiger charge is 2.41. The predicted molar refractivity (Wildman–Crippen MR) is 115 cm³/mol. The maximum atomic E-state index is 12.5. The number of rotatable bonds is 6. The molecule has 0 radical (unpaired) electrons. The minimum absolute atomic E-state index is 0.0976. The third kappa shape index (κ3) is 5.26. The highest BCUT2D eigenvalue weighted by atomic mass is 16.5. The van der Waals surface area contributed by atoms with Crippen LogP contribution in [0.15, 0.2) is 60.7 Å². The number of ether oxygens (including phenoxy) is 1. The number of carbonyl (C=O) groups excluding carboxylic acids is 2. The Morgan fingerprint density at radius 2 is 1.62 bits per heavy atom. The summed E-state index contributed by atoms with van der Waals surface area (Å²) in [6.07, 6.45) is 2.88. The van der Waals surface area contributed by atoms with E-state index in [0.29, 0.717) is 11.5 Å². The fraction of sp³-hybridized carbons (Fsp3) is 0.440. The average molecular weight is 395 g/mol. The largest absolute Gasteiger partial charge is 0.461 e. The summed E-state index contributed by atoms with van der Waals surface area (Å²) >= 11 is 0. The highest BCUT2D eigenvalue weighted by molar-refractivity contribution is 5.95. The first kappa shape index (κ1) is 21.1. The van der Waals surface area contributed by atoms with Gasteiger partial charge in [-0.15, -0.1) is 0 Å². The number of esters is 1. The zero-order valence-electron chi connectivity index (χ0n) is 17.6. The van der Waals surface area contributed by atoms with Gasteiger partial charge in [-0.05, 0) is 41.9 Å². The molecule has 4 heteroatoms. The van der Waals surface area contributed by atoms with Gasteiger partial charge in [0.2, 0.25) is 0 Å². The third-order valence-corrected chi connectivity index (χ3v) is 6.21. The van der Waals surface area contributed by atoms with Crippen LogP contribution in [0.2, 0.25) is 0 Å². The van der Waals surface area contributed by atoms with E-state index in [9.17, 15) is 9.59 Å². The lowest BCUT2D eigenvalue weighted by Crippen LogP contribution is -2.44. The second-order valence-corrected chi connectivity index (χ2v) is 8.69. The zero-order chi connectivity index (χ0) is 20.9. The van der Waals surface area contributed by atoms with E-state index in [2.05, 4.69) is 50.4 Å². The van der Waals surface area contributed by atoms with Gasteiger partial charge in [-0.2, -0.15) is 0 Å². The van der Waals surface area contributed by atoms with Gasteiger partial charge < -0.3 is 10.1 Å². The number of benzene rings is 2. The molecule has 1 aliphatic carbocycles. The van der Waals surface area contributed by atoms with Crippen LogP contribution < -0.4 is 5.32 Å². The molecule has 29 heavy (non-hydrogen) atoms. The summed E-state index contributed by atoms with van der Waals surface area (Å²) in [5.74, 6) is 0.132. The van der Waals surface area contributed by atoms with Crippen LogP contribution in [0.4, 0.5) is 0 Å². The van der Waals surface area contributed by atoms with Gasteiger partial charge in [0, 0.05) is 11.5 Å². The Morgan fingerprint density at radius 1 is 1.00 bits per heavy atom. The molecule has 1 aliphatic rings. The van der Waals surface area contributed by atoms with Crippen LogP contribution >= 0.6 is 0 Å². The van der Waals surface area contributed by atoms with Crippen LogP contribution in [0, 0.1) is 11.8 Å². The van der Waals surface area contributed by atoms with Crippen LogP contribution in [0.5, 0.6) is 0 Å². The molecule has 1 N–H and O–H groups in total. The molecule has 0 aliphatic heterocycles. The standard InChI is InChI=1S/C25H31NO3/c1-18-14-15-21(25(2,3)20-12-8-5-9-13-20)22(16-18)29-23(27)17-26-24(28)19-10-6-4-7-11-19/h4-13,18,21-22H,14-17H2,1-3H3,(H,26,28)/t18-,21-,22-/m1/s1/i26+1. The van der Waals surface area contributed by atoms with Crippen LogP contribution in [-0.2, 0) is 14.9 Å². The SMILES string of the molecule is C[C@@H]1CC[C@@H](C(C)(C)c2ccccc2)[C@H](OC(=O)C[15NH]C(=O)c2ccccc2)C1. The molecule has 0 saturated heterocycles. The van der Waals surface area contributed by atoms with E-state index in [1.165, 1.54) is 5.56 Å². The molecule has 2 aromatic carbocycles. The van der Waals surface area contributed by atoms with E-state index in [1.54, 1.807) is 24.3 Å². The van der Waals surface area contributed by atoms with Crippen LogP contribution in [0.3, 0.4) is 0 Å². The molecular formula is C25H31NO3. The summed E-state index contributed by atoms with van der Waals surface area (Å²) < 4.78 is 5.91. The van der Waals surface area contributed by atoms with Gasteiger partial charge in [0.25, 0.3) is 5.91 Å². The predicted octanol–water partition coefficient (Wildman–Crippen LogP) is 4.74. The van der Waals surface area contributed by atoms with Crippen molar-refractivity contribution in [3.63, 3.8) is 0 Å². The van der Waals surface area contributed by atoms with E-state index in [4.69, 9.17) is 4.74 Å². The van der Waals surface area contributed by atoms with Gasteiger partial charge in [-0.25, -0.2) is 0 Å². The Morgan fingerprint density at radius 3 is 2.28 bits per heavy atom. The number of hydrogen-bond donors (Lipinski definition) is 1. The number of hydrogen-bond acceptors (Lipinski definition) is 3. The molecule has 0 aromatic heterocycles. The second-order valence-electron chi connectivity index (χ2n) is 8.69. The Kier molecular flexibility index (Phi) is 6.73. The van der Waals surface area contributed by atoms with Crippen molar-refractivity contribution in [1.29, 1.82) is 0 Å². The van der Waals surface area contributed by atoms with Gasteiger partial charge >= 0.3 is 5.97 Å². The fourth-order valence-electron chi connectivity index (χ4n) is 4.42. The molecular weight excluding hydrogens is 363 g/mol. The second kappa shape index (κ2) is 9.25. The molecule has 0 unspecified atom stereocenters. The first-order chi connectivity index (χ1) is 13.9. The van der Waals surface area contributed by atoms with Crippen molar-refractivity contribution in [3.8, 4) is 0 Å². The van der Waals surface area contributed by atoms with Crippen LogP contribution in [0.1, 0.15) is 56.0 Å². The third-order valence-electron chi connectivity index (χ3n) is 6.21. The van der Waals surface area contributed by atoms with Gasteiger partial charge in [-0.3, -0.25) is 9.59 Å². The summed E-state index contributed by atoms with van der Waals surface area (Å²) in [6.45, 7) is 6.57. The summed E-state index contributed by atoms with van der Waals surface area (Å²) in [5, 5.41) is 2.67. The number of amides is 1. The summed E-state index contributed by atoms with van der Waals surface area (Å²) in [5.41, 5.74) is 1.70. The van der Waals surface area contributed by atoms with E-state index < -0.39 is 0 Å². The zero-order valence-corrected chi connectivity index (χ0v) is 17.6. The first-order valence-electron chi connectivity index (χ1n) is 10.5. The molecule has 1 amide bonds. The smallest absolute Gasteiger partial charge is 0.325 e. The highest BCUT2D eigenvalue weighted by Crippen LogP contribution is 2.43. The molecule has 0 spiro atoms. The van der Waals surface area contributed by atoms with Gasteiger partial charge in [-0.1, -0.05) is 75.7 Å². The molecule has 3 atom stereocenters. The average Bonchev–Trinajstić information content (AvgIpc) is 2.73. The molecule has 0 bridgehead atoms. The van der Waals surface area contributed by atoms with Gasteiger partial charge in [0.05, 0.1) is 0 Å². The molecule has 3 rings (SSSR count). The van der Waals surface area contributed by atoms with Crippen molar-refractivity contribution >= 4 is 11.9 Å². The first-order valence-corrected chi connectivity index (χ1v) is 10.5. The van der Waals surface area contributed by atoms with Crippen molar-refractivity contribution in [2.24, 2.45) is 11.8 Å². The fourth-order valence-corrected chi connectivity index (χ4v) is 4.42. The normalized spacial score (nSPS) is 22.0. The van der Waals surface area contributed by atoms with Crippen molar-refractivity contribution in [2.45, 2.75) is 51.6 Å². The van der Waals surface area contributed by atoms with E-state index in [-0.39, 0.29) is 35.9 Å². The Balaban J connectivity index is 1.64. The lowest BCUT2D eigenvalue weighted by atomic mass is 9.64. The van der Waals surface area contributed by atoms with Crippen molar-refractivity contribution in [1.82, 2.24) is 5.32 Å². The monoisotopic (exact) mass is 394 g/mol. The molecule has 4 nitrogen and oxygen atoms in total. The molecule has 0 heterocycles. The number of carbonyl (C=O) groups is 2. The summed E-state index contributed by atoms with van der Waals surface area (Å²) in [7, 11) is 0. The van der Waals surface area contributed by atoms with Gasteiger partial charge in [0.15, 0.2) is 0 Å². The van der Waals surface area contributed by atoms with Crippen LogP contribution in [-0.4, -0.2) is 24.5 Å². The lowest BCUT2D eigenvalue weighted by Gasteiger charge is -2.44.